The van der Waals surface area contributed by atoms with E-state index in [1.165, 1.54) is 30.5 Å². The third kappa shape index (κ3) is 6.61. The molecular formula is C23H17ClN4O8. The number of non-ortho nitro benzene ring substituents is 2. The van der Waals surface area contributed by atoms with E-state index >= 15 is 0 Å². The Hall–Kier alpha value is -4.84. The fraction of sp³-hybridized carbons (Fsp3) is 0.0870. The summed E-state index contributed by atoms with van der Waals surface area (Å²) in [4.78, 5) is 45.2. The van der Waals surface area contributed by atoms with E-state index in [1.54, 1.807) is 25.1 Å². The highest BCUT2D eigenvalue weighted by Crippen LogP contribution is 2.30. The average molecular weight is 513 g/mol. The van der Waals surface area contributed by atoms with Gasteiger partial charge in [0.15, 0.2) is 11.5 Å². The summed E-state index contributed by atoms with van der Waals surface area (Å²) in [5.74, 6) is -1.43. The predicted octanol–water partition coefficient (Wildman–Crippen LogP) is 4.54. The highest BCUT2D eigenvalue weighted by Gasteiger charge is 2.22. The molecule has 0 heterocycles. The van der Waals surface area contributed by atoms with Crippen LogP contribution in [0.5, 0.6) is 11.5 Å². The number of nitrogens with zero attached hydrogens (tertiary/aromatic N) is 3. The molecule has 0 bridgehead atoms. The topological polar surface area (TPSA) is 163 Å². The molecule has 0 atom stereocenters. The molecule has 0 unspecified atom stereocenters. The fourth-order valence-electron chi connectivity index (χ4n) is 2.90. The maximum Gasteiger partial charge on any atom is 0.344 e. The van der Waals surface area contributed by atoms with Crippen molar-refractivity contribution in [1.82, 2.24) is 5.43 Å². The Balaban J connectivity index is 1.78. The number of benzene rings is 3. The van der Waals surface area contributed by atoms with E-state index < -0.39 is 33.1 Å². The number of carbonyl (C=O) groups is 2. The smallest absolute Gasteiger partial charge is 0.344 e. The van der Waals surface area contributed by atoms with Gasteiger partial charge in [-0.3, -0.25) is 25.0 Å². The monoisotopic (exact) mass is 512 g/mol. The lowest BCUT2D eigenvalue weighted by Crippen LogP contribution is -2.17. The number of hydrogen-bond acceptors (Lipinski definition) is 9. The van der Waals surface area contributed by atoms with Gasteiger partial charge in [0.2, 0.25) is 0 Å². The van der Waals surface area contributed by atoms with Gasteiger partial charge in [-0.15, -0.1) is 0 Å². The number of hydrazone groups is 1. The number of esters is 1. The maximum absolute atomic E-state index is 12.6. The first kappa shape index (κ1) is 25.8. The van der Waals surface area contributed by atoms with Gasteiger partial charge in [-0.25, -0.2) is 10.2 Å². The Morgan fingerprint density at radius 1 is 0.972 bits per heavy atom. The van der Waals surface area contributed by atoms with Crippen LogP contribution in [-0.2, 0) is 0 Å². The van der Waals surface area contributed by atoms with Crippen molar-refractivity contribution in [1.29, 1.82) is 0 Å². The number of nitro benzene ring substituents is 2. The number of carbonyl (C=O) groups excluding carboxylic acids is 2. The van der Waals surface area contributed by atoms with E-state index in [-0.39, 0.29) is 23.7 Å². The molecule has 0 aliphatic rings. The second kappa shape index (κ2) is 11.5. The molecule has 3 aromatic carbocycles. The highest BCUT2D eigenvalue weighted by molar-refractivity contribution is 6.30. The number of nitrogens with one attached hydrogen (secondary N) is 1. The van der Waals surface area contributed by atoms with Crippen LogP contribution in [0.2, 0.25) is 5.02 Å². The van der Waals surface area contributed by atoms with Crippen LogP contribution in [-0.4, -0.2) is 34.5 Å². The molecule has 184 valence electrons. The number of nitro groups is 2. The molecule has 12 nitrogen and oxygen atoms in total. The largest absolute Gasteiger partial charge is 0.490 e. The lowest BCUT2D eigenvalue weighted by molar-refractivity contribution is -0.394. The minimum Gasteiger partial charge on any atom is -0.490 e. The molecule has 13 heteroatoms. The summed E-state index contributed by atoms with van der Waals surface area (Å²) in [6, 6.07) is 13.2. The minimum atomic E-state index is -1.06. The fourth-order valence-corrected chi connectivity index (χ4v) is 3.09. The molecule has 0 radical (unpaired) electrons. The zero-order chi connectivity index (χ0) is 26.2. The summed E-state index contributed by atoms with van der Waals surface area (Å²) in [5.41, 5.74) is 1.51. The second-order valence-corrected chi connectivity index (χ2v) is 7.43. The van der Waals surface area contributed by atoms with Crippen molar-refractivity contribution in [2.75, 3.05) is 6.61 Å². The summed E-state index contributed by atoms with van der Waals surface area (Å²) in [5, 5.41) is 26.4. The van der Waals surface area contributed by atoms with E-state index in [2.05, 4.69) is 10.5 Å². The van der Waals surface area contributed by atoms with Crippen molar-refractivity contribution in [2.24, 2.45) is 5.10 Å². The van der Waals surface area contributed by atoms with Crippen molar-refractivity contribution >= 4 is 41.1 Å². The van der Waals surface area contributed by atoms with Crippen molar-refractivity contribution < 1.29 is 28.9 Å². The lowest BCUT2D eigenvalue weighted by atomic mass is 10.1. The van der Waals surface area contributed by atoms with Gasteiger partial charge in [-0.2, -0.15) is 5.10 Å². The van der Waals surface area contributed by atoms with Crippen LogP contribution < -0.4 is 14.9 Å². The molecule has 36 heavy (non-hydrogen) atoms. The first-order valence-corrected chi connectivity index (χ1v) is 10.6. The first-order valence-electron chi connectivity index (χ1n) is 10.2. The third-order valence-corrected chi connectivity index (χ3v) is 4.73. The molecule has 1 amide bonds. The molecule has 0 aliphatic heterocycles. The van der Waals surface area contributed by atoms with E-state index in [4.69, 9.17) is 21.1 Å². The van der Waals surface area contributed by atoms with Gasteiger partial charge in [0, 0.05) is 22.7 Å². The molecule has 0 saturated carbocycles. The molecule has 1 N–H and O–H groups in total. The molecule has 0 aliphatic carbocycles. The number of rotatable bonds is 9. The van der Waals surface area contributed by atoms with Crippen LogP contribution in [0.15, 0.2) is 65.8 Å². The van der Waals surface area contributed by atoms with Gasteiger partial charge in [-0.05, 0) is 48.9 Å². The number of amides is 1. The molecule has 3 aromatic rings. The Bertz CT molecular complexity index is 1340. The number of hydrogen-bond donors (Lipinski definition) is 1. The Kier molecular flexibility index (Phi) is 8.26. The summed E-state index contributed by atoms with van der Waals surface area (Å²) < 4.78 is 10.8. The Morgan fingerprint density at radius 3 is 2.28 bits per heavy atom. The van der Waals surface area contributed by atoms with E-state index in [0.29, 0.717) is 16.1 Å². The molecule has 0 fully saturated rings. The second-order valence-electron chi connectivity index (χ2n) is 6.99. The Morgan fingerprint density at radius 2 is 1.67 bits per heavy atom. The zero-order valence-electron chi connectivity index (χ0n) is 18.5. The highest BCUT2D eigenvalue weighted by atomic mass is 35.5. The van der Waals surface area contributed by atoms with E-state index in [0.717, 1.165) is 18.2 Å². The lowest BCUT2D eigenvalue weighted by Gasteiger charge is -2.11. The van der Waals surface area contributed by atoms with Crippen LogP contribution in [0.25, 0.3) is 0 Å². The summed E-state index contributed by atoms with van der Waals surface area (Å²) >= 11 is 5.87. The summed E-state index contributed by atoms with van der Waals surface area (Å²) in [7, 11) is 0. The van der Waals surface area contributed by atoms with Gasteiger partial charge >= 0.3 is 5.97 Å². The first-order chi connectivity index (χ1) is 17.2. The summed E-state index contributed by atoms with van der Waals surface area (Å²) in [6.45, 7) is 1.90. The molecule has 0 saturated heterocycles. The van der Waals surface area contributed by atoms with Gasteiger partial charge in [0.25, 0.3) is 17.3 Å². The van der Waals surface area contributed by atoms with Crippen molar-refractivity contribution in [3.05, 3.63) is 103 Å². The molecular weight excluding hydrogens is 496 g/mol. The maximum atomic E-state index is 12.6. The van der Waals surface area contributed by atoms with Crippen LogP contribution in [0.3, 0.4) is 0 Å². The summed E-state index contributed by atoms with van der Waals surface area (Å²) in [6.07, 6.45) is 1.33. The molecule has 0 spiro atoms. The molecule has 3 rings (SSSR count). The van der Waals surface area contributed by atoms with Gasteiger partial charge in [0.1, 0.15) is 0 Å². The van der Waals surface area contributed by atoms with Crippen molar-refractivity contribution in [2.45, 2.75) is 6.92 Å². The van der Waals surface area contributed by atoms with E-state index in [1.807, 2.05) is 0 Å². The van der Waals surface area contributed by atoms with Gasteiger partial charge in [0.05, 0.1) is 34.3 Å². The van der Waals surface area contributed by atoms with Crippen LogP contribution >= 0.6 is 11.6 Å². The van der Waals surface area contributed by atoms with Crippen LogP contribution in [0, 0.1) is 20.2 Å². The quantitative estimate of drug-likeness (QED) is 0.143. The van der Waals surface area contributed by atoms with Crippen molar-refractivity contribution in [3.63, 3.8) is 0 Å². The average Bonchev–Trinajstić information content (AvgIpc) is 2.85. The van der Waals surface area contributed by atoms with Gasteiger partial charge in [-0.1, -0.05) is 17.7 Å². The van der Waals surface area contributed by atoms with Crippen LogP contribution in [0.4, 0.5) is 11.4 Å². The van der Waals surface area contributed by atoms with Crippen molar-refractivity contribution in [3.8, 4) is 11.5 Å². The van der Waals surface area contributed by atoms with Crippen LogP contribution in [0.1, 0.15) is 33.2 Å². The SMILES string of the molecule is CCOc1cc(/C=N/NC(=O)c2cccc(Cl)c2)ccc1OC(=O)c1cc([N+](=O)[O-])cc([N+](=O)[O-])c1. The Labute approximate surface area is 208 Å². The molecule has 0 aromatic heterocycles. The van der Waals surface area contributed by atoms with E-state index in [9.17, 15) is 29.8 Å². The zero-order valence-corrected chi connectivity index (χ0v) is 19.3. The van der Waals surface area contributed by atoms with Gasteiger partial charge < -0.3 is 9.47 Å². The standard InChI is InChI=1S/C23H17ClN4O8/c1-2-35-21-8-14(13-25-26-22(29)15-4-3-5-17(24)9-15)6-7-20(21)36-23(30)16-10-18(27(31)32)12-19(11-16)28(33)34/h3-13H,2H2,1H3,(H,26,29)/b25-13+. The predicted molar refractivity (Wildman–Crippen MR) is 129 cm³/mol. The third-order valence-electron chi connectivity index (χ3n) is 4.50. The normalized spacial score (nSPS) is 10.6. The minimum absolute atomic E-state index is 0.0314. The number of ether oxygens (including phenoxy) is 2. The number of halogens is 1.